The number of carbonyl (C=O) groups excluding carboxylic acids is 1. The molecule has 0 saturated heterocycles. The first-order valence-corrected chi connectivity index (χ1v) is 8.83. The van der Waals surface area contributed by atoms with Crippen molar-refractivity contribution in [2.45, 2.75) is 0 Å². The van der Waals surface area contributed by atoms with Gasteiger partial charge in [-0.2, -0.15) is 5.26 Å². The summed E-state index contributed by atoms with van der Waals surface area (Å²) in [6, 6.07) is 21.0. The van der Waals surface area contributed by atoms with Gasteiger partial charge in [-0.1, -0.05) is 36.4 Å². The van der Waals surface area contributed by atoms with Crippen LogP contribution in [0.5, 0.6) is 17.2 Å². The Hall–Kier alpha value is -4.44. The van der Waals surface area contributed by atoms with Crippen molar-refractivity contribution in [3.63, 3.8) is 0 Å². The lowest BCUT2D eigenvalue weighted by atomic mass is 10.0. The molecule has 3 rings (SSSR count). The fourth-order valence-corrected chi connectivity index (χ4v) is 2.68. The van der Waals surface area contributed by atoms with Crippen LogP contribution in [-0.4, -0.2) is 17.8 Å². The predicted octanol–water partition coefficient (Wildman–Crippen LogP) is 5.19. The maximum absolute atomic E-state index is 12.5. The fourth-order valence-electron chi connectivity index (χ4n) is 2.68. The zero-order valence-corrected chi connectivity index (χ0v) is 15.9. The summed E-state index contributed by atoms with van der Waals surface area (Å²) >= 11 is 0. The molecule has 0 aliphatic carbocycles. The molecule has 0 N–H and O–H groups in total. The van der Waals surface area contributed by atoms with E-state index < -0.39 is 10.7 Å². The van der Waals surface area contributed by atoms with Crippen LogP contribution in [0.2, 0.25) is 0 Å². The first-order chi connectivity index (χ1) is 14.5. The molecule has 0 atom stereocenters. The Kier molecular flexibility index (Phi) is 6.20. The van der Waals surface area contributed by atoms with Gasteiger partial charge in [0.05, 0.1) is 12.0 Å². The molecule has 0 unspecified atom stereocenters. The number of methoxy groups -OCH3 is 1. The molecule has 0 radical (unpaired) electrons. The lowest BCUT2D eigenvalue weighted by molar-refractivity contribution is -0.385. The minimum atomic E-state index is -0.582. The minimum Gasteiger partial charge on any atom is -0.497 e. The van der Waals surface area contributed by atoms with Gasteiger partial charge in [0.2, 0.25) is 11.5 Å². The maximum Gasteiger partial charge on any atom is 0.312 e. The van der Waals surface area contributed by atoms with Crippen molar-refractivity contribution >= 4 is 17.5 Å². The number of allylic oxidation sites excluding steroid dienone is 1. The Morgan fingerprint density at radius 3 is 2.30 bits per heavy atom. The quantitative estimate of drug-likeness (QED) is 0.178. The van der Waals surface area contributed by atoms with Gasteiger partial charge in [0.25, 0.3) is 0 Å². The number of benzene rings is 3. The van der Waals surface area contributed by atoms with Gasteiger partial charge in [-0.15, -0.1) is 0 Å². The molecule has 0 amide bonds. The van der Waals surface area contributed by atoms with E-state index in [0.717, 1.165) is 0 Å². The molecule has 7 nitrogen and oxygen atoms in total. The normalized spacial score (nSPS) is 10.7. The summed E-state index contributed by atoms with van der Waals surface area (Å²) < 4.78 is 10.7. The highest BCUT2D eigenvalue weighted by molar-refractivity contribution is 6.14. The van der Waals surface area contributed by atoms with Crippen molar-refractivity contribution in [3.05, 3.63) is 99.6 Å². The average molecular weight is 400 g/mol. The lowest BCUT2D eigenvalue weighted by Gasteiger charge is -2.08. The molecule has 0 saturated carbocycles. The Labute approximate surface area is 172 Å². The lowest BCUT2D eigenvalue weighted by Crippen LogP contribution is -2.01. The molecule has 7 heteroatoms. The van der Waals surface area contributed by atoms with Crippen molar-refractivity contribution < 1.29 is 19.2 Å². The van der Waals surface area contributed by atoms with Gasteiger partial charge in [-0.3, -0.25) is 14.9 Å². The summed E-state index contributed by atoms with van der Waals surface area (Å²) in [6.07, 6.45) is 1.32. The van der Waals surface area contributed by atoms with Gasteiger partial charge in [-0.25, -0.2) is 0 Å². The number of nitro benzene ring substituents is 1. The molecule has 0 aromatic heterocycles. The molecule has 0 fully saturated rings. The topological polar surface area (TPSA) is 102 Å². The molecular weight excluding hydrogens is 384 g/mol. The Morgan fingerprint density at radius 2 is 1.70 bits per heavy atom. The van der Waals surface area contributed by atoms with E-state index in [1.807, 2.05) is 6.07 Å². The summed E-state index contributed by atoms with van der Waals surface area (Å²) in [7, 11) is 1.53. The van der Waals surface area contributed by atoms with E-state index >= 15 is 0 Å². The highest BCUT2D eigenvalue weighted by Crippen LogP contribution is 2.33. The van der Waals surface area contributed by atoms with Crippen molar-refractivity contribution in [1.29, 1.82) is 5.26 Å². The van der Waals surface area contributed by atoms with Crippen LogP contribution in [-0.2, 0) is 0 Å². The molecule has 30 heavy (non-hydrogen) atoms. The number of Topliss-reactive ketones (excluding diaryl/α,β-unsaturated/α-hetero) is 1. The number of rotatable bonds is 7. The largest absolute Gasteiger partial charge is 0.497 e. The number of nitrogens with zero attached hydrogens (tertiary/aromatic N) is 2. The number of nitriles is 1. The number of nitro groups is 1. The molecule has 148 valence electrons. The monoisotopic (exact) mass is 400 g/mol. The molecule has 0 bridgehead atoms. The van der Waals surface area contributed by atoms with Crippen LogP contribution in [0, 0.1) is 21.4 Å². The zero-order chi connectivity index (χ0) is 21.5. The van der Waals surface area contributed by atoms with Gasteiger partial charge in [-0.05, 0) is 42.0 Å². The van der Waals surface area contributed by atoms with Crippen LogP contribution in [0.25, 0.3) is 6.08 Å². The van der Waals surface area contributed by atoms with Gasteiger partial charge >= 0.3 is 5.69 Å². The fraction of sp³-hybridized carbons (Fsp3) is 0.0435. The van der Waals surface area contributed by atoms with Gasteiger partial charge in [0.1, 0.15) is 23.1 Å². The van der Waals surface area contributed by atoms with Gasteiger partial charge < -0.3 is 9.47 Å². The SMILES string of the molecule is COc1ccc(Oc2ccc(C=C(C#N)C(=O)c3ccccc3)cc2[N+](=O)[O-])cc1. The van der Waals surface area contributed by atoms with E-state index in [-0.39, 0.29) is 17.0 Å². The smallest absolute Gasteiger partial charge is 0.312 e. The molecule has 0 aliphatic heterocycles. The number of ketones is 1. The maximum atomic E-state index is 12.5. The van der Waals surface area contributed by atoms with Gasteiger partial charge in [0, 0.05) is 11.6 Å². The molecular formula is C23H16N2O5. The Bertz CT molecular complexity index is 1150. The standard InChI is InChI=1S/C23H16N2O5/c1-29-19-8-10-20(11-9-19)30-22-12-7-16(14-21(22)25(27)28)13-18(15-24)23(26)17-5-3-2-4-6-17/h2-14H,1H3. The number of ether oxygens (including phenoxy) is 2. The first kappa shape index (κ1) is 20.3. The molecule has 3 aromatic carbocycles. The van der Waals surface area contributed by atoms with Crippen LogP contribution in [0.1, 0.15) is 15.9 Å². The number of carbonyl (C=O) groups is 1. The van der Waals surface area contributed by atoms with Crippen LogP contribution < -0.4 is 9.47 Å². The number of hydrogen-bond acceptors (Lipinski definition) is 6. The Balaban J connectivity index is 1.92. The highest BCUT2D eigenvalue weighted by atomic mass is 16.6. The third kappa shape index (κ3) is 4.69. The van der Waals surface area contributed by atoms with E-state index in [1.54, 1.807) is 60.7 Å². The third-order valence-electron chi connectivity index (χ3n) is 4.18. The average Bonchev–Trinajstić information content (AvgIpc) is 2.78. The first-order valence-electron chi connectivity index (χ1n) is 8.83. The van der Waals surface area contributed by atoms with Crippen LogP contribution >= 0.6 is 0 Å². The molecule has 0 spiro atoms. The summed E-state index contributed by atoms with van der Waals surface area (Å²) in [6.45, 7) is 0. The highest BCUT2D eigenvalue weighted by Gasteiger charge is 2.18. The summed E-state index contributed by atoms with van der Waals surface area (Å²) in [5.74, 6) is 0.609. The van der Waals surface area contributed by atoms with E-state index in [2.05, 4.69) is 0 Å². The summed E-state index contributed by atoms with van der Waals surface area (Å²) in [5, 5.41) is 20.9. The second kappa shape index (κ2) is 9.17. The molecule has 0 heterocycles. The van der Waals surface area contributed by atoms with E-state index in [1.165, 1.54) is 25.3 Å². The molecule has 3 aromatic rings. The molecule has 0 aliphatic rings. The van der Waals surface area contributed by atoms with Crippen molar-refractivity contribution in [2.75, 3.05) is 7.11 Å². The van der Waals surface area contributed by atoms with Crippen molar-refractivity contribution in [3.8, 4) is 23.3 Å². The van der Waals surface area contributed by atoms with Crippen LogP contribution in [0.4, 0.5) is 5.69 Å². The van der Waals surface area contributed by atoms with E-state index in [0.29, 0.717) is 22.6 Å². The van der Waals surface area contributed by atoms with Crippen molar-refractivity contribution in [2.24, 2.45) is 0 Å². The number of hydrogen-bond donors (Lipinski definition) is 0. The van der Waals surface area contributed by atoms with Crippen LogP contribution in [0.15, 0.2) is 78.4 Å². The summed E-state index contributed by atoms with van der Waals surface area (Å²) in [4.78, 5) is 23.4. The second-order valence-corrected chi connectivity index (χ2v) is 6.13. The second-order valence-electron chi connectivity index (χ2n) is 6.13. The van der Waals surface area contributed by atoms with Crippen LogP contribution in [0.3, 0.4) is 0 Å². The Morgan fingerprint density at radius 1 is 1.03 bits per heavy atom. The van der Waals surface area contributed by atoms with E-state index in [9.17, 15) is 20.2 Å². The predicted molar refractivity (Wildman–Crippen MR) is 111 cm³/mol. The van der Waals surface area contributed by atoms with Gasteiger partial charge in [0.15, 0.2) is 0 Å². The van der Waals surface area contributed by atoms with E-state index in [4.69, 9.17) is 9.47 Å². The third-order valence-corrected chi connectivity index (χ3v) is 4.18. The summed E-state index contributed by atoms with van der Waals surface area (Å²) in [5.41, 5.74) is 0.284. The minimum absolute atomic E-state index is 0.0372. The van der Waals surface area contributed by atoms with Crippen molar-refractivity contribution in [1.82, 2.24) is 0 Å². The zero-order valence-electron chi connectivity index (χ0n) is 15.9.